The van der Waals surface area contributed by atoms with Crippen LogP contribution in [0, 0.1) is 20.8 Å². The van der Waals surface area contributed by atoms with E-state index in [1.54, 1.807) is 23.9 Å². The van der Waals surface area contributed by atoms with Crippen molar-refractivity contribution in [1.82, 2.24) is 9.55 Å². The second-order valence-corrected chi connectivity index (χ2v) is 7.91. The van der Waals surface area contributed by atoms with Crippen LogP contribution in [-0.4, -0.2) is 15.5 Å². The number of aryl methyl sites for hydroxylation is 4. The molecule has 0 fully saturated rings. The van der Waals surface area contributed by atoms with E-state index in [2.05, 4.69) is 16.9 Å². The highest BCUT2D eigenvalue weighted by Crippen LogP contribution is 2.39. The lowest BCUT2D eigenvalue weighted by Gasteiger charge is -2.17. The van der Waals surface area contributed by atoms with Crippen LogP contribution in [0.5, 0.6) is 11.5 Å². The van der Waals surface area contributed by atoms with E-state index in [1.807, 2.05) is 57.3 Å². The maximum atomic E-state index is 12.8. The normalized spacial score (nSPS) is 10.5. The van der Waals surface area contributed by atoms with Gasteiger partial charge in [-0.25, -0.2) is 0 Å². The van der Waals surface area contributed by atoms with E-state index in [0.717, 1.165) is 39.1 Å². The standard InChI is InChI=1S/C26H25N3O3.CH4/c1-6-22(30)28-18-10-11-21(32-25-15(2)8-7-9-16(25)3)19(12-18)20-14-29(5)26(31)23-17(4)13-27-24(20)23;/h6-14,27H,1H2,2-5H3,(H,28,30);1H4. The zero-order chi connectivity index (χ0) is 23.0. The number of H-pyrrole nitrogens is 1. The van der Waals surface area contributed by atoms with Gasteiger partial charge in [0.2, 0.25) is 5.91 Å². The van der Waals surface area contributed by atoms with Crippen LogP contribution < -0.4 is 15.6 Å². The van der Waals surface area contributed by atoms with Crippen molar-refractivity contribution in [2.45, 2.75) is 28.2 Å². The largest absolute Gasteiger partial charge is 0.456 e. The monoisotopic (exact) mass is 443 g/mol. The van der Waals surface area contributed by atoms with Crippen LogP contribution in [0.1, 0.15) is 24.1 Å². The summed E-state index contributed by atoms with van der Waals surface area (Å²) in [6.07, 6.45) is 4.83. The van der Waals surface area contributed by atoms with E-state index < -0.39 is 0 Å². The van der Waals surface area contributed by atoms with Gasteiger partial charge < -0.3 is 19.6 Å². The van der Waals surface area contributed by atoms with Crippen LogP contribution >= 0.6 is 0 Å². The van der Waals surface area contributed by atoms with Crippen LogP contribution in [0.15, 0.2) is 66.2 Å². The topological polar surface area (TPSA) is 76.1 Å². The molecule has 0 radical (unpaired) electrons. The van der Waals surface area contributed by atoms with Gasteiger partial charge in [-0.3, -0.25) is 9.59 Å². The number of para-hydroxylation sites is 1. The fourth-order valence-electron chi connectivity index (χ4n) is 3.88. The van der Waals surface area contributed by atoms with Crippen LogP contribution in [0.2, 0.25) is 0 Å². The molecule has 2 heterocycles. The maximum absolute atomic E-state index is 12.8. The van der Waals surface area contributed by atoms with E-state index >= 15 is 0 Å². The van der Waals surface area contributed by atoms with Crippen molar-refractivity contribution in [3.63, 3.8) is 0 Å². The average Bonchev–Trinajstić information content (AvgIpc) is 3.16. The van der Waals surface area contributed by atoms with Gasteiger partial charge in [0, 0.05) is 36.3 Å². The van der Waals surface area contributed by atoms with Gasteiger partial charge in [-0.05, 0) is 61.7 Å². The summed E-state index contributed by atoms with van der Waals surface area (Å²) < 4.78 is 7.97. The number of rotatable bonds is 5. The Morgan fingerprint density at radius 3 is 2.45 bits per heavy atom. The fourth-order valence-corrected chi connectivity index (χ4v) is 3.88. The van der Waals surface area contributed by atoms with Crippen molar-refractivity contribution in [3.05, 3.63) is 88.5 Å². The van der Waals surface area contributed by atoms with Gasteiger partial charge in [-0.15, -0.1) is 0 Å². The Morgan fingerprint density at radius 2 is 1.79 bits per heavy atom. The summed E-state index contributed by atoms with van der Waals surface area (Å²) in [6, 6.07) is 11.4. The number of hydrogen-bond acceptors (Lipinski definition) is 3. The van der Waals surface area contributed by atoms with Crippen LogP contribution in [0.4, 0.5) is 5.69 Å². The van der Waals surface area contributed by atoms with Crippen molar-refractivity contribution in [2.24, 2.45) is 7.05 Å². The first kappa shape index (κ1) is 23.6. The third kappa shape index (κ3) is 4.32. The number of fused-ring (bicyclic) bond motifs is 1. The quantitative estimate of drug-likeness (QED) is 0.371. The molecule has 0 saturated carbocycles. The van der Waals surface area contributed by atoms with Crippen molar-refractivity contribution >= 4 is 22.5 Å². The first-order valence-electron chi connectivity index (χ1n) is 10.3. The number of ether oxygens (including phenoxy) is 1. The predicted molar refractivity (Wildman–Crippen MR) is 135 cm³/mol. The average molecular weight is 444 g/mol. The van der Waals surface area contributed by atoms with Gasteiger partial charge in [-0.1, -0.05) is 32.2 Å². The smallest absolute Gasteiger partial charge is 0.260 e. The summed E-state index contributed by atoms with van der Waals surface area (Å²) in [4.78, 5) is 27.9. The SMILES string of the molecule is C.C=CC(=O)Nc1ccc(Oc2c(C)cccc2C)c(-c2cn(C)c(=O)c3c(C)c[nH]c23)c1. The second kappa shape index (κ2) is 9.20. The summed E-state index contributed by atoms with van der Waals surface area (Å²) in [5.41, 5.74) is 5.70. The van der Waals surface area contributed by atoms with Crippen LogP contribution in [-0.2, 0) is 11.8 Å². The van der Waals surface area contributed by atoms with E-state index in [0.29, 0.717) is 16.8 Å². The number of hydrogen-bond donors (Lipinski definition) is 2. The van der Waals surface area contributed by atoms with Crippen molar-refractivity contribution < 1.29 is 9.53 Å². The lowest BCUT2D eigenvalue weighted by Crippen LogP contribution is -2.16. The Labute approximate surface area is 193 Å². The van der Waals surface area contributed by atoms with Gasteiger partial charge in [0.1, 0.15) is 11.5 Å². The summed E-state index contributed by atoms with van der Waals surface area (Å²) in [5.74, 6) is 1.09. The first-order chi connectivity index (χ1) is 15.3. The number of anilines is 1. The Bertz CT molecular complexity index is 1410. The minimum atomic E-state index is -0.305. The number of nitrogens with zero attached hydrogens (tertiary/aromatic N) is 1. The van der Waals surface area contributed by atoms with E-state index in [9.17, 15) is 9.59 Å². The molecular formula is C27H29N3O3. The molecule has 0 unspecified atom stereocenters. The van der Waals surface area contributed by atoms with Gasteiger partial charge in [0.05, 0.1) is 10.9 Å². The van der Waals surface area contributed by atoms with Gasteiger partial charge in [0.25, 0.3) is 5.56 Å². The summed E-state index contributed by atoms with van der Waals surface area (Å²) in [5, 5.41) is 3.43. The zero-order valence-electron chi connectivity index (χ0n) is 18.6. The van der Waals surface area contributed by atoms with E-state index in [-0.39, 0.29) is 18.9 Å². The third-order valence-electron chi connectivity index (χ3n) is 5.55. The highest BCUT2D eigenvalue weighted by molar-refractivity contribution is 6.01. The van der Waals surface area contributed by atoms with E-state index in [4.69, 9.17) is 4.74 Å². The molecule has 33 heavy (non-hydrogen) atoms. The number of benzene rings is 2. The molecule has 2 aromatic carbocycles. The molecule has 170 valence electrons. The Hall–Kier alpha value is -4.06. The lowest BCUT2D eigenvalue weighted by atomic mass is 10.0. The Balaban J connectivity index is 0.00000306. The lowest BCUT2D eigenvalue weighted by molar-refractivity contribution is -0.111. The number of nitrogens with one attached hydrogen (secondary N) is 2. The summed E-state index contributed by atoms with van der Waals surface area (Å²) in [7, 11) is 1.73. The number of carbonyl (C=O) groups excluding carboxylic acids is 1. The predicted octanol–water partition coefficient (Wildman–Crippen LogP) is 6.01. The molecule has 6 heteroatoms. The molecule has 1 amide bonds. The Morgan fingerprint density at radius 1 is 1.09 bits per heavy atom. The highest BCUT2D eigenvalue weighted by atomic mass is 16.5. The molecule has 0 spiro atoms. The minimum Gasteiger partial charge on any atom is -0.456 e. The van der Waals surface area contributed by atoms with E-state index in [1.165, 1.54) is 6.08 Å². The van der Waals surface area contributed by atoms with Crippen molar-refractivity contribution in [1.29, 1.82) is 0 Å². The second-order valence-electron chi connectivity index (χ2n) is 7.91. The molecule has 0 bridgehead atoms. The number of aromatic nitrogens is 2. The number of aromatic amines is 1. The first-order valence-corrected chi connectivity index (χ1v) is 10.3. The molecule has 6 nitrogen and oxygen atoms in total. The molecule has 0 aliphatic carbocycles. The molecular weight excluding hydrogens is 414 g/mol. The molecule has 4 rings (SSSR count). The summed E-state index contributed by atoms with van der Waals surface area (Å²) >= 11 is 0. The number of amides is 1. The Kier molecular flexibility index (Phi) is 6.58. The molecule has 2 N–H and O–H groups in total. The van der Waals surface area contributed by atoms with Gasteiger partial charge in [-0.2, -0.15) is 0 Å². The molecule has 0 aliphatic heterocycles. The third-order valence-corrected chi connectivity index (χ3v) is 5.55. The minimum absolute atomic E-state index is 0. The molecule has 4 aromatic rings. The highest BCUT2D eigenvalue weighted by Gasteiger charge is 2.18. The molecule has 0 atom stereocenters. The molecule has 0 aliphatic rings. The number of carbonyl (C=O) groups is 1. The van der Waals surface area contributed by atoms with Gasteiger partial charge in [0.15, 0.2) is 0 Å². The molecule has 2 aromatic heterocycles. The number of pyridine rings is 1. The maximum Gasteiger partial charge on any atom is 0.260 e. The van der Waals surface area contributed by atoms with Gasteiger partial charge >= 0.3 is 0 Å². The fraction of sp³-hybridized carbons (Fsp3) is 0.185. The molecule has 0 saturated heterocycles. The van der Waals surface area contributed by atoms with Crippen molar-refractivity contribution in [3.8, 4) is 22.6 Å². The van der Waals surface area contributed by atoms with Crippen LogP contribution in [0.3, 0.4) is 0 Å². The summed E-state index contributed by atoms with van der Waals surface area (Å²) in [6.45, 7) is 9.42. The van der Waals surface area contributed by atoms with Crippen molar-refractivity contribution in [2.75, 3.05) is 5.32 Å². The van der Waals surface area contributed by atoms with Crippen LogP contribution in [0.25, 0.3) is 22.0 Å². The zero-order valence-corrected chi connectivity index (χ0v) is 18.6.